The van der Waals surface area contributed by atoms with Crippen LogP contribution < -0.4 is 15.4 Å². The highest BCUT2D eigenvalue weighted by Gasteiger charge is 2.34. The number of nitrogens with one attached hydrogen (secondary N) is 2. The zero-order valence-electron chi connectivity index (χ0n) is 28.8. The van der Waals surface area contributed by atoms with Gasteiger partial charge in [-0.2, -0.15) is 5.10 Å². The number of amides is 2. The molecule has 4 aromatic rings. The molecule has 0 bridgehead atoms. The fourth-order valence-electron chi connectivity index (χ4n) is 5.23. The van der Waals surface area contributed by atoms with E-state index in [0.717, 1.165) is 34.0 Å². The van der Waals surface area contributed by atoms with Crippen LogP contribution in [0.4, 0.5) is 10.5 Å². The van der Waals surface area contributed by atoms with E-state index in [1.165, 1.54) is 0 Å². The first-order valence-electron chi connectivity index (χ1n) is 15.9. The quantitative estimate of drug-likeness (QED) is 0.112. The summed E-state index contributed by atoms with van der Waals surface area (Å²) in [7, 11) is 0.417. The molecule has 0 saturated heterocycles. The molecule has 10 heteroatoms. The van der Waals surface area contributed by atoms with Gasteiger partial charge in [0.05, 0.1) is 12.8 Å². The number of carbonyl (C=O) groups excluding carboxylic acids is 2. The second-order valence-corrected chi connectivity index (χ2v) is 19.5. The van der Waals surface area contributed by atoms with Crippen molar-refractivity contribution >= 4 is 25.8 Å². The van der Waals surface area contributed by atoms with Crippen LogP contribution in [0.5, 0.6) is 5.75 Å². The molecule has 1 aromatic heterocycles. The minimum Gasteiger partial charge on any atom is -0.496 e. The Morgan fingerprint density at radius 1 is 0.915 bits per heavy atom. The molecule has 1 unspecified atom stereocenters. The lowest BCUT2D eigenvalue weighted by atomic mass is 9.84. The van der Waals surface area contributed by atoms with Gasteiger partial charge in [-0.25, -0.2) is 9.48 Å². The van der Waals surface area contributed by atoms with Crippen LogP contribution in [0.1, 0.15) is 43.5 Å². The molecule has 0 saturated carbocycles. The summed E-state index contributed by atoms with van der Waals surface area (Å²) in [5.41, 5.74) is 4.11. The average Bonchev–Trinajstić information content (AvgIpc) is 3.38. The smallest absolute Gasteiger partial charge is 0.408 e. The van der Waals surface area contributed by atoms with Gasteiger partial charge in [0.1, 0.15) is 24.1 Å². The molecule has 0 fully saturated rings. The molecule has 0 aliphatic heterocycles. The second-order valence-electron chi connectivity index (χ2n) is 13.8. The Labute approximate surface area is 279 Å². The van der Waals surface area contributed by atoms with Crippen LogP contribution in [0.25, 0.3) is 11.1 Å². The van der Waals surface area contributed by atoms with Crippen LogP contribution in [0.2, 0.25) is 25.7 Å². The number of hydrogen-bond donors (Lipinski definition) is 2. The summed E-state index contributed by atoms with van der Waals surface area (Å²) in [6.07, 6.45) is 1.27. The Morgan fingerprint density at radius 2 is 1.53 bits per heavy atom. The molecular formula is C37H48N4O5Si. The molecular weight excluding hydrogens is 609 g/mol. The minimum absolute atomic E-state index is 0.373. The van der Waals surface area contributed by atoms with Crippen LogP contribution in [0.3, 0.4) is 0 Å². The van der Waals surface area contributed by atoms with E-state index in [1.54, 1.807) is 38.6 Å². The molecule has 2 N–H and O–H groups in total. The molecule has 1 heterocycles. The molecule has 0 aliphatic carbocycles. The van der Waals surface area contributed by atoms with Gasteiger partial charge in [0, 0.05) is 49.7 Å². The van der Waals surface area contributed by atoms with E-state index in [4.69, 9.17) is 14.2 Å². The summed E-state index contributed by atoms with van der Waals surface area (Å²) in [4.78, 5) is 27.3. The third-order valence-electron chi connectivity index (χ3n) is 7.53. The van der Waals surface area contributed by atoms with E-state index in [9.17, 15) is 9.59 Å². The molecule has 4 rings (SSSR count). The first kappa shape index (κ1) is 35.4. The Hall–Kier alpha value is -4.41. The molecule has 3 aromatic carbocycles. The van der Waals surface area contributed by atoms with Crippen molar-refractivity contribution in [3.63, 3.8) is 0 Å². The van der Waals surface area contributed by atoms with Crippen molar-refractivity contribution in [2.75, 3.05) is 19.0 Å². The number of nitrogens with zero attached hydrogens (tertiary/aromatic N) is 2. The summed E-state index contributed by atoms with van der Waals surface area (Å²) >= 11 is 0. The summed E-state index contributed by atoms with van der Waals surface area (Å²) in [5, 5.41) is 10.5. The standard InChI is InChI=1S/C37H48N4O5Si/c1-26-31(24-41(40-26)25-45-21-22-47(6,7)8)30-20-19-29(23-32(30)44-5)38-35(42)34(39-36(43)46-37(2,3)4)33(27-15-11-9-12-16-27)28-17-13-10-14-18-28/h9-20,23-24,33-34H,21-22,25H2,1-8H3,(H,38,42)(H,39,43). The monoisotopic (exact) mass is 656 g/mol. The second kappa shape index (κ2) is 15.5. The highest BCUT2D eigenvalue weighted by molar-refractivity contribution is 6.76. The van der Waals surface area contributed by atoms with Crippen LogP contribution >= 0.6 is 0 Å². The van der Waals surface area contributed by atoms with Gasteiger partial charge >= 0.3 is 6.09 Å². The van der Waals surface area contributed by atoms with E-state index < -0.39 is 37.6 Å². The number of ether oxygens (including phenoxy) is 3. The molecule has 2 amide bonds. The van der Waals surface area contributed by atoms with Gasteiger partial charge in [-0.15, -0.1) is 0 Å². The predicted octanol–water partition coefficient (Wildman–Crippen LogP) is 7.84. The lowest BCUT2D eigenvalue weighted by Crippen LogP contribution is -2.49. The van der Waals surface area contributed by atoms with E-state index in [0.29, 0.717) is 24.8 Å². The number of carbonyl (C=O) groups is 2. The van der Waals surface area contributed by atoms with Crippen LogP contribution in [0.15, 0.2) is 85.1 Å². The molecule has 0 spiro atoms. The maximum Gasteiger partial charge on any atom is 0.408 e. The minimum atomic E-state index is -1.18. The van der Waals surface area contributed by atoms with Crippen LogP contribution in [-0.4, -0.2) is 55.2 Å². The topological polar surface area (TPSA) is 104 Å². The molecule has 0 radical (unpaired) electrons. The fourth-order valence-corrected chi connectivity index (χ4v) is 5.99. The maximum atomic E-state index is 14.2. The molecule has 250 valence electrons. The van der Waals surface area contributed by atoms with Gasteiger partial charge in [0.15, 0.2) is 0 Å². The normalized spacial score (nSPS) is 12.4. The maximum absolute atomic E-state index is 14.2. The first-order valence-corrected chi connectivity index (χ1v) is 19.7. The number of anilines is 1. The number of aromatic nitrogens is 2. The van der Waals surface area contributed by atoms with E-state index in [2.05, 4.69) is 35.4 Å². The summed E-state index contributed by atoms with van der Waals surface area (Å²) < 4.78 is 19.1. The SMILES string of the molecule is COc1cc(NC(=O)C(NC(=O)OC(C)(C)C)C(c2ccccc2)c2ccccc2)ccc1-c1cn(COCC[Si](C)(C)C)nc1C. The zero-order chi connectivity index (χ0) is 34.2. The summed E-state index contributed by atoms with van der Waals surface area (Å²) in [6, 6.07) is 24.9. The van der Waals surface area contributed by atoms with Gasteiger partial charge in [0.25, 0.3) is 0 Å². The van der Waals surface area contributed by atoms with Gasteiger partial charge in [-0.3, -0.25) is 4.79 Å². The van der Waals surface area contributed by atoms with E-state index in [-0.39, 0.29) is 0 Å². The lowest BCUT2D eigenvalue weighted by molar-refractivity contribution is -0.118. The summed E-state index contributed by atoms with van der Waals surface area (Å²) in [6.45, 7) is 15.4. The first-order chi connectivity index (χ1) is 22.2. The highest BCUT2D eigenvalue weighted by atomic mass is 28.3. The van der Waals surface area contributed by atoms with Gasteiger partial charge < -0.3 is 24.8 Å². The van der Waals surface area contributed by atoms with Crippen molar-refractivity contribution in [2.45, 2.75) is 77.7 Å². The van der Waals surface area contributed by atoms with Crippen molar-refractivity contribution in [3.05, 3.63) is 102 Å². The van der Waals surface area contributed by atoms with E-state index >= 15 is 0 Å². The van der Waals surface area contributed by atoms with Gasteiger partial charge in [0.2, 0.25) is 5.91 Å². The van der Waals surface area contributed by atoms with Crippen molar-refractivity contribution in [3.8, 4) is 16.9 Å². The number of alkyl carbamates (subject to hydrolysis) is 1. The molecule has 47 heavy (non-hydrogen) atoms. The number of methoxy groups -OCH3 is 1. The number of hydrogen-bond acceptors (Lipinski definition) is 6. The molecule has 9 nitrogen and oxygen atoms in total. The third kappa shape index (κ3) is 10.3. The van der Waals surface area contributed by atoms with Crippen molar-refractivity contribution in [2.24, 2.45) is 0 Å². The van der Waals surface area contributed by atoms with Crippen LogP contribution in [-0.2, 0) is 21.0 Å². The summed E-state index contributed by atoms with van der Waals surface area (Å²) in [5.74, 6) is -0.320. The highest BCUT2D eigenvalue weighted by Crippen LogP contribution is 2.35. The number of benzene rings is 3. The predicted molar refractivity (Wildman–Crippen MR) is 190 cm³/mol. The molecule has 0 aliphatic rings. The Kier molecular flexibility index (Phi) is 11.7. The Balaban J connectivity index is 1.61. The lowest BCUT2D eigenvalue weighted by Gasteiger charge is -2.29. The van der Waals surface area contributed by atoms with Gasteiger partial charge in [-0.1, -0.05) is 80.3 Å². The fraction of sp³-hybridized carbons (Fsp3) is 0.378. The van der Waals surface area contributed by atoms with Crippen LogP contribution in [0, 0.1) is 6.92 Å². The Bertz CT molecular complexity index is 1590. The Morgan fingerprint density at radius 3 is 2.09 bits per heavy atom. The molecule has 1 atom stereocenters. The van der Waals surface area contributed by atoms with Crippen molar-refractivity contribution < 1.29 is 23.8 Å². The number of aryl methyl sites for hydroxylation is 1. The van der Waals surface area contributed by atoms with E-state index in [1.807, 2.05) is 85.9 Å². The number of rotatable bonds is 13. The van der Waals surface area contributed by atoms with Crippen molar-refractivity contribution in [1.82, 2.24) is 15.1 Å². The zero-order valence-corrected chi connectivity index (χ0v) is 29.8. The largest absolute Gasteiger partial charge is 0.496 e. The average molecular weight is 657 g/mol. The van der Waals surface area contributed by atoms with Gasteiger partial charge in [-0.05, 0) is 57.0 Å². The third-order valence-corrected chi connectivity index (χ3v) is 9.24. The van der Waals surface area contributed by atoms with Crippen molar-refractivity contribution in [1.29, 1.82) is 0 Å².